The number of terminal acetylenes is 1. The third-order valence-electron chi connectivity index (χ3n) is 8.97. The fourth-order valence-corrected chi connectivity index (χ4v) is 7.90. The maximum Gasteiger partial charge on any atom is 0.229 e. The fraction of sp³-hybridized carbons (Fsp3) is 0.412. The summed E-state index contributed by atoms with van der Waals surface area (Å²) in [5.74, 6) is 4.12. The summed E-state index contributed by atoms with van der Waals surface area (Å²) in [6.45, 7) is 12.2. The number of hydrogen-bond donors (Lipinski definition) is 2. The number of hydrogen-bond acceptors (Lipinski definition) is 11. The highest BCUT2D eigenvalue weighted by atomic mass is 31.2. The second kappa shape index (κ2) is 13.2. The number of rotatable bonds is 8. The number of anilines is 5. The van der Waals surface area contributed by atoms with E-state index in [0.29, 0.717) is 51.1 Å². The van der Waals surface area contributed by atoms with Gasteiger partial charge in [0.15, 0.2) is 5.82 Å². The number of nitrogens with one attached hydrogen (secondary N) is 2. The van der Waals surface area contributed by atoms with Gasteiger partial charge in [-0.25, -0.2) is 4.98 Å². The normalized spacial score (nSPS) is 16.7. The maximum absolute atomic E-state index is 13.4. The van der Waals surface area contributed by atoms with Crippen LogP contribution in [0.1, 0.15) is 24.0 Å². The summed E-state index contributed by atoms with van der Waals surface area (Å²) in [5.41, 5.74) is 5.40. The lowest BCUT2D eigenvalue weighted by molar-refractivity contribution is 0.0982. The van der Waals surface area contributed by atoms with Gasteiger partial charge in [0.05, 0.1) is 41.1 Å². The van der Waals surface area contributed by atoms with Crippen molar-refractivity contribution in [2.75, 3.05) is 82.3 Å². The number of fused-ring (bicyclic) bond motifs is 1. The van der Waals surface area contributed by atoms with Crippen LogP contribution in [-0.2, 0) is 4.57 Å². The van der Waals surface area contributed by atoms with Gasteiger partial charge in [-0.3, -0.25) is 14.9 Å². The molecule has 2 fully saturated rings. The van der Waals surface area contributed by atoms with E-state index in [1.165, 1.54) is 5.69 Å². The Hall–Kier alpha value is -4.23. The Morgan fingerprint density at radius 3 is 2.41 bits per heavy atom. The van der Waals surface area contributed by atoms with E-state index in [2.05, 4.69) is 72.3 Å². The molecule has 4 aromatic rings. The van der Waals surface area contributed by atoms with Crippen LogP contribution in [0.15, 0.2) is 42.9 Å². The van der Waals surface area contributed by atoms with Crippen molar-refractivity contribution >= 4 is 52.3 Å². The van der Waals surface area contributed by atoms with Crippen molar-refractivity contribution in [2.45, 2.75) is 25.8 Å². The quantitative estimate of drug-likeness (QED) is 0.207. The van der Waals surface area contributed by atoms with Crippen molar-refractivity contribution in [1.82, 2.24) is 29.7 Å². The third-order valence-corrected chi connectivity index (χ3v) is 10.5. The molecular formula is C34H42N9O2P. The minimum atomic E-state index is -2.77. The summed E-state index contributed by atoms with van der Waals surface area (Å²) in [6.07, 6.45) is 13.0. The summed E-state index contributed by atoms with van der Waals surface area (Å²) >= 11 is 0. The Morgan fingerprint density at radius 1 is 0.978 bits per heavy atom. The van der Waals surface area contributed by atoms with Crippen LogP contribution in [-0.4, -0.2) is 103 Å². The maximum atomic E-state index is 13.4. The topological polar surface area (TPSA) is 112 Å². The third kappa shape index (κ3) is 6.66. The SMILES string of the molecule is C#Cc1cnc(Nc2cc(C)c(N3CCC(N4CCN(C)CC4)CC3)cc2OC)nc1Nc1ccc2nccnc2c1P(C)(C)=O. The van der Waals surface area contributed by atoms with Crippen LogP contribution < -0.4 is 25.6 Å². The molecule has 2 aromatic carbocycles. The highest BCUT2D eigenvalue weighted by molar-refractivity contribution is 7.71. The van der Waals surface area contributed by atoms with Crippen LogP contribution >= 0.6 is 7.14 Å². The summed E-state index contributed by atoms with van der Waals surface area (Å²) < 4.78 is 19.3. The van der Waals surface area contributed by atoms with Crippen LogP contribution in [0.4, 0.5) is 28.8 Å². The predicted octanol–water partition coefficient (Wildman–Crippen LogP) is 4.67. The van der Waals surface area contributed by atoms with Crippen LogP contribution in [0.3, 0.4) is 0 Å². The molecule has 6 rings (SSSR count). The number of ether oxygens (including phenoxy) is 1. The van der Waals surface area contributed by atoms with E-state index >= 15 is 0 Å². The highest BCUT2D eigenvalue weighted by Gasteiger charge is 2.28. The van der Waals surface area contributed by atoms with Gasteiger partial charge in [0, 0.05) is 69.5 Å². The molecule has 0 saturated carbocycles. The van der Waals surface area contributed by atoms with Gasteiger partial charge in [0.25, 0.3) is 0 Å². The zero-order valence-electron chi connectivity index (χ0n) is 27.2. The second-order valence-corrected chi connectivity index (χ2v) is 15.6. The molecule has 0 atom stereocenters. The van der Waals surface area contributed by atoms with Gasteiger partial charge >= 0.3 is 0 Å². The summed E-state index contributed by atoms with van der Waals surface area (Å²) in [4.78, 5) is 25.6. The summed E-state index contributed by atoms with van der Waals surface area (Å²) in [7, 11) is 1.10. The summed E-state index contributed by atoms with van der Waals surface area (Å²) in [6, 6.07) is 8.51. The van der Waals surface area contributed by atoms with Gasteiger partial charge < -0.3 is 29.7 Å². The predicted molar refractivity (Wildman–Crippen MR) is 187 cm³/mol. The molecule has 2 aromatic heterocycles. The van der Waals surface area contributed by atoms with Crippen LogP contribution in [0.2, 0.25) is 0 Å². The molecule has 2 aliphatic rings. The first kappa shape index (κ1) is 31.7. The fourth-order valence-electron chi connectivity index (χ4n) is 6.50. The lowest BCUT2D eigenvalue weighted by Crippen LogP contribution is -2.52. The Bertz CT molecular complexity index is 1820. The number of aryl methyl sites for hydroxylation is 1. The number of likely N-dealkylation sites (N-methyl/N-ethyl adjacent to an activating group) is 1. The van der Waals surface area contributed by atoms with E-state index in [4.69, 9.17) is 16.1 Å². The number of aromatic nitrogens is 4. The zero-order chi connectivity index (χ0) is 32.4. The molecular weight excluding hydrogens is 597 g/mol. The van der Waals surface area contributed by atoms with Gasteiger partial charge in [-0.1, -0.05) is 5.92 Å². The second-order valence-electron chi connectivity index (χ2n) is 12.5. The molecule has 11 nitrogen and oxygen atoms in total. The minimum absolute atomic E-state index is 0.346. The van der Waals surface area contributed by atoms with Crippen LogP contribution in [0.25, 0.3) is 11.0 Å². The average Bonchev–Trinajstić information content (AvgIpc) is 3.05. The van der Waals surface area contributed by atoms with Gasteiger partial charge in [0.2, 0.25) is 5.95 Å². The van der Waals surface area contributed by atoms with E-state index in [1.54, 1.807) is 39.0 Å². The standard InChI is InChI=1S/C34H42N9O2P/c1-7-24-22-37-34(40-33(24)38-27-9-8-26-31(36-13-12-35-26)32(27)46(5,6)44)39-28-20-23(2)29(21-30(28)45-4)43-14-10-25(11-15-43)42-18-16-41(3)17-19-42/h1,8-9,12-13,20-22,25H,10-11,14-19H2,2-6H3,(H2,37,38,39,40). The van der Waals surface area contributed by atoms with Crippen LogP contribution in [0, 0.1) is 19.3 Å². The lowest BCUT2D eigenvalue weighted by Gasteiger charge is -2.43. The lowest BCUT2D eigenvalue weighted by atomic mass is 10.0. The molecule has 2 aliphatic heterocycles. The molecule has 0 unspecified atom stereocenters. The number of methoxy groups -OCH3 is 1. The van der Waals surface area contributed by atoms with Gasteiger partial charge in [0.1, 0.15) is 18.4 Å². The molecule has 12 heteroatoms. The Labute approximate surface area is 271 Å². The molecule has 4 heterocycles. The van der Waals surface area contributed by atoms with Gasteiger partial charge in [-0.05, 0) is 63.9 Å². The van der Waals surface area contributed by atoms with Crippen LogP contribution in [0.5, 0.6) is 5.75 Å². The van der Waals surface area contributed by atoms with Gasteiger partial charge in [-0.2, -0.15) is 4.98 Å². The Kier molecular flexibility index (Phi) is 9.14. The van der Waals surface area contributed by atoms with Crippen molar-refractivity contribution < 1.29 is 9.30 Å². The van der Waals surface area contributed by atoms with Gasteiger partial charge in [-0.15, -0.1) is 6.42 Å². The van der Waals surface area contributed by atoms with Crippen molar-refractivity contribution in [3.05, 3.63) is 54.0 Å². The van der Waals surface area contributed by atoms with E-state index in [0.717, 1.165) is 63.4 Å². The molecule has 2 saturated heterocycles. The molecule has 2 N–H and O–H groups in total. The monoisotopic (exact) mass is 639 g/mol. The average molecular weight is 640 g/mol. The first-order chi connectivity index (χ1) is 22.1. The Morgan fingerprint density at radius 2 is 1.72 bits per heavy atom. The molecule has 0 amide bonds. The van der Waals surface area contributed by atoms with E-state index in [-0.39, 0.29) is 0 Å². The Balaban J connectivity index is 1.23. The minimum Gasteiger partial charge on any atom is -0.494 e. The van der Waals surface area contributed by atoms with E-state index < -0.39 is 7.14 Å². The molecule has 0 radical (unpaired) electrons. The number of piperazine rings is 1. The largest absolute Gasteiger partial charge is 0.494 e. The first-order valence-electron chi connectivity index (χ1n) is 15.7. The van der Waals surface area contributed by atoms with E-state index in [1.807, 2.05) is 12.1 Å². The number of benzene rings is 2. The van der Waals surface area contributed by atoms with Crippen molar-refractivity contribution in [3.8, 4) is 18.1 Å². The molecule has 0 aliphatic carbocycles. The van der Waals surface area contributed by atoms with Crippen molar-refractivity contribution in [3.63, 3.8) is 0 Å². The molecule has 240 valence electrons. The smallest absolute Gasteiger partial charge is 0.229 e. The molecule has 46 heavy (non-hydrogen) atoms. The molecule has 0 spiro atoms. The van der Waals surface area contributed by atoms with Crippen molar-refractivity contribution in [2.24, 2.45) is 0 Å². The highest BCUT2D eigenvalue weighted by Crippen LogP contribution is 2.41. The molecule has 0 bridgehead atoms. The zero-order valence-corrected chi connectivity index (χ0v) is 28.1. The number of piperidine rings is 1. The number of nitrogens with zero attached hydrogens (tertiary/aromatic N) is 7. The summed E-state index contributed by atoms with van der Waals surface area (Å²) in [5, 5.41) is 7.25. The first-order valence-corrected chi connectivity index (χ1v) is 18.3. The van der Waals surface area contributed by atoms with E-state index in [9.17, 15) is 4.57 Å². The van der Waals surface area contributed by atoms with Crippen molar-refractivity contribution in [1.29, 1.82) is 0 Å².